The van der Waals surface area contributed by atoms with Gasteiger partial charge in [-0.3, -0.25) is 10.2 Å². The van der Waals surface area contributed by atoms with Crippen LogP contribution in [-0.4, -0.2) is 17.4 Å². The van der Waals surface area contributed by atoms with E-state index >= 15 is 0 Å². The monoisotopic (exact) mass is 227 g/mol. The number of nitrogens with two attached hydrogens (primary N) is 3. The van der Waals surface area contributed by atoms with Crippen molar-refractivity contribution in [2.45, 2.75) is 5.54 Å². The summed E-state index contributed by atoms with van der Waals surface area (Å²) in [4.78, 5) is 22.9. The van der Waals surface area contributed by atoms with Gasteiger partial charge in [0, 0.05) is 0 Å². The fourth-order valence-electron chi connectivity index (χ4n) is 1.48. The smallest absolute Gasteiger partial charge is 0.356 e. The molecule has 0 saturated carbocycles. The second kappa shape index (κ2) is 4.51. The number of allylic oxidation sites excluding steroid dienone is 2. The molecule has 0 bridgehead atoms. The molecule has 1 aliphatic rings. The zero-order chi connectivity index (χ0) is 12.3. The molecule has 0 saturated heterocycles. The van der Waals surface area contributed by atoms with Crippen LogP contribution in [0.25, 0.3) is 0 Å². The normalized spacial score (nSPS) is 29.9. The van der Waals surface area contributed by atoms with Gasteiger partial charge in [-0.2, -0.15) is 5.84 Å². The van der Waals surface area contributed by atoms with Crippen LogP contribution in [0.5, 0.6) is 0 Å². The molecule has 2 amide bonds. The molecule has 0 heterocycles. The van der Waals surface area contributed by atoms with Gasteiger partial charge in [-0.25, -0.2) is 15.8 Å². The van der Waals surface area contributed by atoms with Crippen molar-refractivity contribution in [1.29, 1.82) is 0 Å². The first kappa shape index (κ1) is 12.5. The lowest BCUT2D eigenvalue weighted by molar-refractivity contribution is -0.780. The highest BCUT2D eigenvalue weighted by atomic mass is 16.5. The van der Waals surface area contributed by atoms with Gasteiger partial charge in [-0.15, -0.1) is 0 Å². The molecule has 0 fully saturated rings. The third-order valence-corrected chi connectivity index (χ3v) is 2.34. The first-order valence-corrected chi connectivity index (χ1v) is 4.43. The molecule has 8 heteroatoms. The summed E-state index contributed by atoms with van der Waals surface area (Å²) < 4.78 is 0. The average Bonchev–Trinajstić information content (AvgIpc) is 2.27. The maximum Gasteiger partial charge on any atom is 0.356 e. The number of hydrogen-bond donors (Lipinski definition) is 5. The van der Waals surface area contributed by atoms with Crippen LogP contribution in [0.2, 0.25) is 0 Å². The van der Waals surface area contributed by atoms with Crippen LogP contribution in [0.1, 0.15) is 0 Å². The summed E-state index contributed by atoms with van der Waals surface area (Å²) >= 11 is 0. The largest absolute Gasteiger partial charge is 0.606 e. The van der Waals surface area contributed by atoms with E-state index in [1.807, 2.05) is 5.43 Å². The molecule has 0 aromatic heterocycles. The lowest BCUT2D eigenvalue weighted by atomic mass is 9.80. The average molecular weight is 227 g/mol. The van der Waals surface area contributed by atoms with E-state index in [-0.39, 0.29) is 0 Å². The van der Waals surface area contributed by atoms with Gasteiger partial charge < -0.3 is 10.9 Å². The molecule has 0 radical (unpaired) electrons. The van der Waals surface area contributed by atoms with E-state index in [0.717, 1.165) is 0 Å². The van der Waals surface area contributed by atoms with Gasteiger partial charge in [-0.1, -0.05) is 18.2 Å². The number of hydrazine groups is 1. The molecule has 8 nitrogen and oxygen atoms in total. The van der Waals surface area contributed by atoms with Crippen LogP contribution in [0.3, 0.4) is 0 Å². The molecule has 0 spiro atoms. The van der Waals surface area contributed by atoms with Crippen molar-refractivity contribution >= 4 is 11.8 Å². The second-order valence-electron chi connectivity index (χ2n) is 3.36. The predicted octanol–water partition coefficient (Wildman–Crippen LogP) is -3.80. The lowest BCUT2D eigenvalue weighted by Crippen LogP contribution is -3.18. The van der Waals surface area contributed by atoms with Crippen LogP contribution in [0.4, 0.5) is 0 Å². The molecule has 3 unspecified atom stereocenters. The fraction of sp³-hybridized carbons (Fsp3) is 0.250. The van der Waals surface area contributed by atoms with Gasteiger partial charge in [0.25, 0.3) is 0 Å². The molecule has 0 aliphatic heterocycles. The predicted molar refractivity (Wildman–Crippen MR) is 54.5 cm³/mol. The van der Waals surface area contributed by atoms with Gasteiger partial charge in [-0.05, 0) is 6.08 Å². The minimum absolute atomic E-state index is 0.669. The van der Waals surface area contributed by atoms with E-state index in [4.69, 9.17) is 17.4 Å². The molecule has 16 heavy (non-hydrogen) atoms. The first-order chi connectivity index (χ1) is 7.43. The van der Waals surface area contributed by atoms with Gasteiger partial charge in [0.05, 0.1) is 5.92 Å². The minimum atomic E-state index is -1.77. The maximum atomic E-state index is 11.5. The van der Waals surface area contributed by atoms with Crippen LogP contribution < -0.4 is 28.0 Å². The van der Waals surface area contributed by atoms with E-state index in [9.17, 15) is 14.8 Å². The van der Waals surface area contributed by atoms with Crippen LogP contribution in [0, 0.1) is 11.1 Å². The van der Waals surface area contributed by atoms with Crippen molar-refractivity contribution in [3.63, 3.8) is 0 Å². The van der Waals surface area contributed by atoms with E-state index in [1.165, 1.54) is 24.3 Å². The molecule has 1 rings (SSSR count). The standard InChI is InChI=1S/C8H13N5O3/c9-8(7(15)13(11)16)4-2-1-3-5(8)6(14)12-10/h1-5,13H,9-11H2,(H,12,14). The molecular weight excluding hydrogens is 214 g/mol. The Balaban J connectivity index is 3.08. The number of amides is 2. The Kier molecular flexibility index (Phi) is 3.52. The van der Waals surface area contributed by atoms with Crippen molar-refractivity contribution < 1.29 is 14.8 Å². The van der Waals surface area contributed by atoms with E-state index < -0.39 is 28.4 Å². The molecule has 0 aromatic carbocycles. The lowest BCUT2D eigenvalue weighted by Gasteiger charge is -2.32. The van der Waals surface area contributed by atoms with Crippen molar-refractivity contribution in [3.8, 4) is 0 Å². The maximum absolute atomic E-state index is 11.5. The highest BCUT2D eigenvalue weighted by molar-refractivity contribution is 5.93. The number of rotatable bonds is 2. The minimum Gasteiger partial charge on any atom is -0.606 e. The molecular formula is C8H13N5O3. The summed E-state index contributed by atoms with van der Waals surface area (Å²) in [7, 11) is 0. The Morgan fingerprint density at radius 1 is 1.44 bits per heavy atom. The topological polar surface area (TPSA) is 152 Å². The summed E-state index contributed by atoms with van der Waals surface area (Å²) in [6, 6.07) is 0. The number of carbonyl (C=O) groups excluding carboxylic acids is 2. The Morgan fingerprint density at radius 3 is 2.56 bits per heavy atom. The summed E-state index contributed by atoms with van der Waals surface area (Å²) in [5, 5.41) is 9.64. The van der Waals surface area contributed by atoms with Crippen molar-refractivity contribution in [2.75, 3.05) is 0 Å². The Morgan fingerprint density at radius 2 is 2.06 bits per heavy atom. The molecule has 8 N–H and O–H groups in total. The van der Waals surface area contributed by atoms with Gasteiger partial charge >= 0.3 is 5.91 Å². The number of quaternary nitrogens is 1. The molecule has 3 atom stereocenters. The number of carbonyl (C=O) groups is 2. The zero-order valence-corrected chi connectivity index (χ0v) is 8.34. The third kappa shape index (κ3) is 2.01. The Hall–Kier alpha value is -1.58. The van der Waals surface area contributed by atoms with Crippen LogP contribution in [0.15, 0.2) is 24.3 Å². The fourth-order valence-corrected chi connectivity index (χ4v) is 1.48. The number of nitrogens with one attached hydrogen (secondary N) is 2. The molecule has 1 aliphatic carbocycles. The summed E-state index contributed by atoms with van der Waals surface area (Å²) in [5.74, 6) is 7.06. The second-order valence-corrected chi connectivity index (χ2v) is 3.36. The third-order valence-electron chi connectivity index (χ3n) is 2.34. The van der Waals surface area contributed by atoms with Crippen molar-refractivity contribution in [2.24, 2.45) is 23.3 Å². The van der Waals surface area contributed by atoms with E-state index in [0.29, 0.717) is 0 Å². The van der Waals surface area contributed by atoms with E-state index in [1.54, 1.807) is 0 Å². The highest BCUT2D eigenvalue weighted by Crippen LogP contribution is 2.21. The number of hydroxylamine groups is 1. The SMILES string of the molecule is NNC(=O)C1C=CC=CC1(N)C(=O)[NH+](N)[O-]. The summed E-state index contributed by atoms with van der Waals surface area (Å²) in [6.45, 7) is 0. The Labute approximate surface area is 91.2 Å². The van der Waals surface area contributed by atoms with E-state index in [2.05, 4.69) is 0 Å². The molecule has 0 aromatic rings. The zero-order valence-electron chi connectivity index (χ0n) is 8.34. The summed E-state index contributed by atoms with van der Waals surface area (Å²) in [6.07, 6.45) is 5.61. The highest BCUT2D eigenvalue weighted by Gasteiger charge is 2.47. The van der Waals surface area contributed by atoms with Gasteiger partial charge in [0.15, 0.2) is 5.54 Å². The van der Waals surface area contributed by atoms with Crippen LogP contribution in [-0.2, 0) is 9.59 Å². The van der Waals surface area contributed by atoms with Crippen molar-refractivity contribution in [1.82, 2.24) is 5.43 Å². The number of hydrogen-bond acceptors (Lipinski definition) is 6. The van der Waals surface area contributed by atoms with Gasteiger partial charge in [0.2, 0.25) is 5.91 Å². The molecule has 88 valence electrons. The summed E-state index contributed by atoms with van der Waals surface area (Å²) in [5.41, 5.74) is 5.82. The van der Waals surface area contributed by atoms with Gasteiger partial charge in [0.1, 0.15) is 0 Å². The Bertz CT molecular complexity index is 365. The van der Waals surface area contributed by atoms with Crippen molar-refractivity contribution in [3.05, 3.63) is 29.5 Å². The quantitative estimate of drug-likeness (QED) is 0.185. The first-order valence-electron chi connectivity index (χ1n) is 4.43. The van der Waals surface area contributed by atoms with Crippen LogP contribution >= 0.6 is 0 Å².